The summed E-state index contributed by atoms with van der Waals surface area (Å²) < 4.78 is 50.5. The molecule has 182 valence electrons. The first kappa shape index (κ1) is 23.5. The zero-order valence-electron chi connectivity index (χ0n) is 18.2. The minimum Gasteiger partial charge on any atom is -0.493 e. The Morgan fingerprint density at radius 3 is 2.40 bits per heavy atom. The van der Waals surface area contributed by atoms with E-state index < -0.39 is 40.6 Å². The molecule has 3 unspecified atom stereocenters. The molecule has 0 radical (unpaired) electrons. The lowest BCUT2D eigenvalue weighted by Gasteiger charge is -2.30. The summed E-state index contributed by atoms with van der Waals surface area (Å²) in [4.78, 5) is 43.0. The molecule has 0 saturated carbocycles. The number of H-pyrrole nitrogens is 1. The number of carbonyl (C=O) groups is 2. The van der Waals surface area contributed by atoms with Gasteiger partial charge in [0.2, 0.25) is 11.8 Å². The molecule has 35 heavy (non-hydrogen) atoms. The van der Waals surface area contributed by atoms with Gasteiger partial charge in [-0.2, -0.15) is 13.2 Å². The molecule has 0 spiro atoms. The number of ether oxygens (including phenoxy) is 2. The minimum atomic E-state index is -4.63. The minimum absolute atomic E-state index is 0.146. The number of methoxy groups -OCH3 is 2. The number of fused-ring (bicyclic) bond motifs is 2. The predicted octanol–water partition coefficient (Wildman–Crippen LogP) is 4.27. The maximum atomic E-state index is 13.7. The predicted molar refractivity (Wildman–Crippen MR) is 123 cm³/mol. The molecule has 3 aromatic rings. The van der Waals surface area contributed by atoms with E-state index in [1.807, 2.05) is 0 Å². The van der Waals surface area contributed by atoms with Gasteiger partial charge in [-0.25, -0.2) is 4.90 Å². The summed E-state index contributed by atoms with van der Waals surface area (Å²) in [6.45, 7) is 0. The van der Waals surface area contributed by atoms with Crippen molar-refractivity contribution in [2.75, 3.05) is 19.1 Å². The standard InChI is InChI=1S/C23H17F3N2O5S2/c1-32-13-7-6-10(8-14(13)33-2)15-16-18(34-19-17(15)35-22(31)27-19)21(30)28(20(16)29)12-5-3-4-11(9-12)23(24,25)26/h3-9,15-16,18H,1-2H3,(H,27,31). The summed E-state index contributed by atoms with van der Waals surface area (Å²) in [5.74, 6) is -2.02. The molecule has 1 saturated heterocycles. The van der Waals surface area contributed by atoms with Gasteiger partial charge < -0.3 is 14.5 Å². The molecule has 0 bridgehead atoms. The summed E-state index contributed by atoms with van der Waals surface area (Å²) in [6.07, 6.45) is -4.63. The molecule has 2 aliphatic rings. The highest BCUT2D eigenvalue weighted by Gasteiger charge is 2.56. The Morgan fingerprint density at radius 1 is 0.971 bits per heavy atom. The fourth-order valence-electron chi connectivity index (χ4n) is 4.50. The SMILES string of the molecule is COc1ccc(C2c3sc(=O)[nH]c3SC3C(=O)N(c4cccc(C(F)(F)F)c4)C(=O)C32)cc1OC. The number of thioether (sulfide) groups is 1. The number of hydrogen-bond donors (Lipinski definition) is 1. The Kier molecular flexibility index (Phi) is 5.67. The first-order valence-corrected chi connectivity index (χ1v) is 12.0. The van der Waals surface area contributed by atoms with Crippen LogP contribution in [0.15, 0.2) is 52.3 Å². The van der Waals surface area contributed by atoms with Gasteiger partial charge in [-0.3, -0.25) is 14.4 Å². The zero-order chi connectivity index (χ0) is 25.1. The fraction of sp³-hybridized carbons (Fsp3) is 0.261. The van der Waals surface area contributed by atoms with Gasteiger partial charge in [-0.15, -0.1) is 0 Å². The Balaban J connectivity index is 1.63. The number of amides is 2. The molecule has 2 aliphatic heterocycles. The van der Waals surface area contributed by atoms with Gasteiger partial charge in [0, 0.05) is 10.8 Å². The number of aromatic nitrogens is 1. The van der Waals surface area contributed by atoms with E-state index in [-0.39, 0.29) is 10.6 Å². The van der Waals surface area contributed by atoms with Crippen LogP contribution in [0, 0.1) is 5.92 Å². The maximum absolute atomic E-state index is 13.7. The third kappa shape index (κ3) is 3.80. The third-order valence-corrected chi connectivity index (χ3v) is 8.42. The quantitative estimate of drug-likeness (QED) is 0.515. The van der Waals surface area contributed by atoms with Gasteiger partial charge in [0.15, 0.2) is 11.5 Å². The van der Waals surface area contributed by atoms with Crippen LogP contribution >= 0.6 is 23.1 Å². The van der Waals surface area contributed by atoms with Crippen molar-refractivity contribution >= 4 is 40.6 Å². The molecule has 0 aliphatic carbocycles. The second-order valence-corrected chi connectivity index (χ2v) is 10.1. The Labute approximate surface area is 204 Å². The highest BCUT2D eigenvalue weighted by Crippen LogP contribution is 2.54. The normalized spacial score (nSPS) is 21.6. The van der Waals surface area contributed by atoms with Crippen molar-refractivity contribution in [2.45, 2.75) is 22.4 Å². The number of imide groups is 1. The molecule has 2 amide bonds. The molecule has 7 nitrogen and oxygen atoms in total. The highest BCUT2D eigenvalue weighted by molar-refractivity contribution is 8.00. The van der Waals surface area contributed by atoms with E-state index in [0.29, 0.717) is 27.0 Å². The van der Waals surface area contributed by atoms with Crippen LogP contribution in [0.3, 0.4) is 0 Å². The number of alkyl halides is 3. The van der Waals surface area contributed by atoms with Crippen molar-refractivity contribution in [2.24, 2.45) is 5.92 Å². The summed E-state index contributed by atoms with van der Waals surface area (Å²) in [6, 6.07) is 9.19. The first-order chi connectivity index (χ1) is 16.6. The van der Waals surface area contributed by atoms with Crippen LogP contribution in [-0.2, 0) is 15.8 Å². The number of hydrogen-bond acceptors (Lipinski definition) is 7. The Morgan fingerprint density at radius 2 is 1.71 bits per heavy atom. The monoisotopic (exact) mass is 522 g/mol. The van der Waals surface area contributed by atoms with Gasteiger partial charge in [-0.05, 0) is 35.9 Å². The van der Waals surface area contributed by atoms with Crippen molar-refractivity contribution in [3.8, 4) is 11.5 Å². The fourth-order valence-corrected chi connectivity index (χ4v) is 7.01. The lowest BCUT2D eigenvalue weighted by Crippen LogP contribution is -2.32. The summed E-state index contributed by atoms with van der Waals surface area (Å²) in [7, 11) is 2.94. The van der Waals surface area contributed by atoms with Crippen molar-refractivity contribution in [1.29, 1.82) is 0 Å². The number of nitrogens with zero attached hydrogens (tertiary/aromatic N) is 1. The van der Waals surface area contributed by atoms with Gasteiger partial charge in [-0.1, -0.05) is 35.2 Å². The van der Waals surface area contributed by atoms with Crippen LogP contribution < -0.4 is 19.2 Å². The Bertz CT molecular complexity index is 1400. The van der Waals surface area contributed by atoms with Crippen molar-refractivity contribution in [3.05, 3.63) is 68.1 Å². The topological polar surface area (TPSA) is 88.7 Å². The summed E-state index contributed by atoms with van der Waals surface area (Å²) in [5.41, 5.74) is -0.493. The molecular formula is C23H17F3N2O5S2. The van der Waals surface area contributed by atoms with Crippen LogP contribution in [-0.4, -0.2) is 36.3 Å². The second-order valence-electron chi connectivity index (χ2n) is 7.92. The lowest BCUT2D eigenvalue weighted by atomic mass is 9.83. The first-order valence-electron chi connectivity index (χ1n) is 10.3. The van der Waals surface area contributed by atoms with E-state index in [4.69, 9.17) is 9.47 Å². The van der Waals surface area contributed by atoms with Crippen molar-refractivity contribution < 1.29 is 32.2 Å². The van der Waals surface area contributed by atoms with Gasteiger partial charge >= 0.3 is 11.0 Å². The number of nitrogens with one attached hydrogen (secondary N) is 1. The summed E-state index contributed by atoms with van der Waals surface area (Å²) >= 11 is 1.99. The number of rotatable bonds is 4. The van der Waals surface area contributed by atoms with Crippen molar-refractivity contribution in [3.63, 3.8) is 0 Å². The number of thiazole rings is 1. The molecule has 1 aromatic heterocycles. The number of benzene rings is 2. The molecule has 3 heterocycles. The number of halogens is 3. The Hall–Kier alpha value is -3.25. The van der Waals surface area contributed by atoms with Gasteiger partial charge in [0.1, 0.15) is 5.25 Å². The van der Waals surface area contributed by atoms with E-state index in [1.54, 1.807) is 18.2 Å². The van der Waals surface area contributed by atoms with E-state index in [9.17, 15) is 27.6 Å². The third-order valence-electron chi connectivity index (χ3n) is 6.02. The maximum Gasteiger partial charge on any atom is 0.416 e. The smallest absolute Gasteiger partial charge is 0.416 e. The van der Waals surface area contributed by atoms with Crippen LogP contribution in [0.25, 0.3) is 0 Å². The van der Waals surface area contributed by atoms with E-state index in [0.717, 1.165) is 46.2 Å². The molecule has 12 heteroatoms. The van der Waals surface area contributed by atoms with Gasteiger partial charge in [0.05, 0.1) is 36.4 Å². The largest absolute Gasteiger partial charge is 0.493 e. The van der Waals surface area contributed by atoms with Gasteiger partial charge in [0.25, 0.3) is 0 Å². The van der Waals surface area contributed by atoms with Crippen LogP contribution in [0.4, 0.5) is 18.9 Å². The lowest BCUT2D eigenvalue weighted by molar-refractivity contribution is -0.137. The molecule has 2 aromatic carbocycles. The van der Waals surface area contributed by atoms with E-state index >= 15 is 0 Å². The highest BCUT2D eigenvalue weighted by atomic mass is 32.2. The van der Waals surface area contributed by atoms with E-state index in [1.165, 1.54) is 20.3 Å². The number of aromatic amines is 1. The number of carbonyl (C=O) groups excluding carboxylic acids is 2. The molecule has 1 N–H and O–H groups in total. The molecule has 5 rings (SSSR count). The van der Waals surface area contributed by atoms with E-state index in [2.05, 4.69) is 4.98 Å². The zero-order valence-corrected chi connectivity index (χ0v) is 19.8. The molecule has 1 fully saturated rings. The molecular weight excluding hydrogens is 505 g/mol. The molecule has 3 atom stereocenters. The second kappa shape index (κ2) is 8.45. The van der Waals surface area contributed by atoms with Crippen LogP contribution in [0.2, 0.25) is 0 Å². The van der Waals surface area contributed by atoms with Crippen LogP contribution in [0.1, 0.15) is 21.9 Å². The van der Waals surface area contributed by atoms with Crippen molar-refractivity contribution in [1.82, 2.24) is 4.98 Å². The van der Waals surface area contributed by atoms with Crippen LogP contribution in [0.5, 0.6) is 11.5 Å². The average molecular weight is 523 g/mol. The summed E-state index contributed by atoms with van der Waals surface area (Å²) in [5, 5.41) is -0.457. The average Bonchev–Trinajstić information content (AvgIpc) is 3.32. The number of anilines is 1.